The number of benzene rings is 2. The molecule has 146 valence electrons. The van der Waals surface area contributed by atoms with Crippen LogP contribution in [-0.4, -0.2) is 39.9 Å². The van der Waals surface area contributed by atoms with Crippen LogP contribution in [0.4, 0.5) is 5.69 Å². The molecule has 0 aliphatic carbocycles. The molecule has 2 heterocycles. The van der Waals surface area contributed by atoms with Crippen LogP contribution in [0.5, 0.6) is 11.5 Å². The van der Waals surface area contributed by atoms with Gasteiger partial charge in [-0.2, -0.15) is 5.10 Å². The van der Waals surface area contributed by atoms with Crippen LogP contribution in [-0.2, 0) is 0 Å². The number of fused-ring (bicyclic) bond motifs is 1. The van der Waals surface area contributed by atoms with E-state index < -0.39 is 0 Å². The predicted octanol–water partition coefficient (Wildman–Crippen LogP) is 3.37. The zero-order chi connectivity index (χ0) is 20.4. The fourth-order valence-electron chi connectivity index (χ4n) is 3.09. The summed E-state index contributed by atoms with van der Waals surface area (Å²) in [6.07, 6.45) is 1.69. The molecule has 0 spiro atoms. The van der Waals surface area contributed by atoms with Crippen molar-refractivity contribution in [2.45, 2.75) is 6.92 Å². The van der Waals surface area contributed by atoms with Gasteiger partial charge in [0.25, 0.3) is 5.91 Å². The minimum Gasteiger partial charge on any atom is -0.497 e. The second-order valence-corrected chi connectivity index (χ2v) is 6.31. The number of nitrogens with zero attached hydrogens (tertiary/aromatic N) is 4. The molecule has 4 rings (SSSR count). The molecule has 0 unspecified atom stereocenters. The highest BCUT2D eigenvalue weighted by Crippen LogP contribution is 2.32. The van der Waals surface area contributed by atoms with Crippen LogP contribution in [0.2, 0.25) is 0 Å². The van der Waals surface area contributed by atoms with Gasteiger partial charge in [0.05, 0.1) is 31.7 Å². The second kappa shape index (κ2) is 7.59. The van der Waals surface area contributed by atoms with Crippen LogP contribution < -0.4 is 14.8 Å². The Balaban J connectivity index is 1.68. The number of aromatic nitrogens is 4. The predicted molar refractivity (Wildman–Crippen MR) is 108 cm³/mol. The molecule has 0 atom stereocenters. The number of hydrogen-bond acceptors (Lipinski definition) is 6. The summed E-state index contributed by atoms with van der Waals surface area (Å²) in [5, 5.41) is 15.6. The van der Waals surface area contributed by atoms with E-state index in [1.165, 1.54) is 0 Å². The van der Waals surface area contributed by atoms with Crippen molar-refractivity contribution in [2.24, 2.45) is 0 Å². The quantitative estimate of drug-likeness (QED) is 0.563. The topological polar surface area (TPSA) is 90.6 Å². The number of amides is 1. The molecule has 0 aliphatic heterocycles. The van der Waals surface area contributed by atoms with Crippen molar-refractivity contribution in [1.29, 1.82) is 0 Å². The van der Waals surface area contributed by atoms with Crippen LogP contribution in [0.1, 0.15) is 16.2 Å². The Bertz CT molecular complexity index is 1180. The lowest BCUT2D eigenvalue weighted by Gasteiger charge is -2.09. The van der Waals surface area contributed by atoms with E-state index in [0.29, 0.717) is 28.5 Å². The first-order valence-electron chi connectivity index (χ1n) is 8.92. The summed E-state index contributed by atoms with van der Waals surface area (Å²) >= 11 is 0. The van der Waals surface area contributed by atoms with Gasteiger partial charge in [-0.3, -0.25) is 4.79 Å². The van der Waals surface area contributed by atoms with Crippen molar-refractivity contribution >= 4 is 17.2 Å². The number of carbonyl (C=O) groups is 1. The van der Waals surface area contributed by atoms with Gasteiger partial charge >= 0.3 is 0 Å². The summed E-state index contributed by atoms with van der Waals surface area (Å²) in [6.45, 7) is 1.78. The fraction of sp³-hybridized carbons (Fsp3) is 0.143. The molecule has 0 saturated heterocycles. The Hall–Kier alpha value is -3.94. The van der Waals surface area contributed by atoms with E-state index in [-0.39, 0.29) is 11.6 Å². The second-order valence-electron chi connectivity index (χ2n) is 6.31. The first-order valence-corrected chi connectivity index (χ1v) is 8.92. The Labute approximate surface area is 167 Å². The van der Waals surface area contributed by atoms with Crippen LogP contribution in [0.15, 0.2) is 54.7 Å². The first kappa shape index (κ1) is 18.4. The van der Waals surface area contributed by atoms with Crippen molar-refractivity contribution in [2.75, 3.05) is 19.5 Å². The highest BCUT2D eigenvalue weighted by Gasteiger charge is 2.19. The average molecular weight is 389 g/mol. The summed E-state index contributed by atoms with van der Waals surface area (Å²) in [5.41, 5.74) is 3.60. The number of aryl methyl sites for hydroxylation is 1. The maximum absolute atomic E-state index is 12.7. The van der Waals surface area contributed by atoms with Gasteiger partial charge in [0.2, 0.25) is 0 Å². The minimum absolute atomic E-state index is 0.197. The first-order chi connectivity index (χ1) is 14.1. The molecular weight excluding hydrogens is 370 g/mol. The third-order valence-electron chi connectivity index (χ3n) is 4.61. The fourth-order valence-corrected chi connectivity index (χ4v) is 3.09. The van der Waals surface area contributed by atoms with Gasteiger partial charge in [-0.15, -0.1) is 10.2 Å². The van der Waals surface area contributed by atoms with E-state index in [9.17, 15) is 4.79 Å². The molecule has 1 amide bonds. The molecule has 29 heavy (non-hydrogen) atoms. The summed E-state index contributed by atoms with van der Waals surface area (Å²) in [5.74, 6) is 1.06. The number of para-hydroxylation sites is 1. The van der Waals surface area contributed by atoms with E-state index in [2.05, 4.69) is 20.6 Å². The summed E-state index contributed by atoms with van der Waals surface area (Å²) in [6, 6.07) is 14.7. The van der Waals surface area contributed by atoms with Gasteiger partial charge < -0.3 is 14.8 Å². The molecule has 0 aliphatic rings. The minimum atomic E-state index is -0.364. The van der Waals surface area contributed by atoms with Crippen molar-refractivity contribution in [3.63, 3.8) is 0 Å². The lowest BCUT2D eigenvalue weighted by Crippen LogP contribution is -2.18. The van der Waals surface area contributed by atoms with Crippen LogP contribution in [0, 0.1) is 6.92 Å². The Morgan fingerprint density at radius 2 is 1.72 bits per heavy atom. The number of anilines is 1. The molecule has 8 heteroatoms. The van der Waals surface area contributed by atoms with Gasteiger partial charge in [-0.1, -0.05) is 18.2 Å². The Kier molecular flexibility index (Phi) is 4.82. The maximum atomic E-state index is 12.7. The average Bonchev–Trinajstić information content (AvgIpc) is 3.19. The zero-order valence-electron chi connectivity index (χ0n) is 16.2. The van der Waals surface area contributed by atoms with Gasteiger partial charge in [-0.25, -0.2) is 4.52 Å². The molecule has 0 fully saturated rings. The van der Waals surface area contributed by atoms with E-state index in [1.54, 1.807) is 56.1 Å². The summed E-state index contributed by atoms with van der Waals surface area (Å²) in [7, 11) is 3.20. The smallest absolute Gasteiger partial charge is 0.278 e. The SMILES string of the molecule is COc1ccc(NC(=O)c2nnc3c(-c4ccccc4OC)cnn3c2C)cc1. The van der Waals surface area contributed by atoms with E-state index >= 15 is 0 Å². The lowest BCUT2D eigenvalue weighted by molar-refractivity contribution is 0.102. The van der Waals surface area contributed by atoms with Crippen molar-refractivity contribution in [3.8, 4) is 22.6 Å². The van der Waals surface area contributed by atoms with Gasteiger partial charge in [-0.05, 0) is 37.3 Å². The Morgan fingerprint density at radius 1 is 0.966 bits per heavy atom. The van der Waals surface area contributed by atoms with E-state index in [1.807, 2.05) is 24.3 Å². The number of nitrogens with one attached hydrogen (secondary N) is 1. The van der Waals surface area contributed by atoms with Gasteiger partial charge in [0, 0.05) is 11.3 Å². The monoisotopic (exact) mass is 389 g/mol. The van der Waals surface area contributed by atoms with Crippen molar-refractivity contribution in [3.05, 3.63) is 66.1 Å². The lowest BCUT2D eigenvalue weighted by atomic mass is 10.1. The number of ether oxygens (including phenoxy) is 2. The molecule has 2 aromatic carbocycles. The molecule has 0 bridgehead atoms. The standard InChI is InChI=1S/C21H19N5O3/c1-13-19(21(27)23-14-8-10-15(28-2)11-9-14)24-25-20-17(12-22-26(13)20)16-6-4-5-7-18(16)29-3/h4-12H,1-3H3,(H,23,27). The van der Waals surface area contributed by atoms with Crippen molar-refractivity contribution < 1.29 is 14.3 Å². The number of hydrogen-bond donors (Lipinski definition) is 1. The zero-order valence-corrected chi connectivity index (χ0v) is 16.2. The molecule has 8 nitrogen and oxygen atoms in total. The maximum Gasteiger partial charge on any atom is 0.278 e. The summed E-state index contributed by atoms with van der Waals surface area (Å²) < 4.78 is 12.2. The molecule has 0 radical (unpaired) electrons. The summed E-state index contributed by atoms with van der Waals surface area (Å²) in [4.78, 5) is 12.7. The molecule has 1 N–H and O–H groups in total. The number of carbonyl (C=O) groups excluding carboxylic acids is 1. The largest absolute Gasteiger partial charge is 0.497 e. The highest BCUT2D eigenvalue weighted by atomic mass is 16.5. The third kappa shape index (κ3) is 3.36. The van der Waals surface area contributed by atoms with Crippen LogP contribution in [0.3, 0.4) is 0 Å². The van der Waals surface area contributed by atoms with Crippen LogP contribution >= 0.6 is 0 Å². The Morgan fingerprint density at radius 3 is 2.45 bits per heavy atom. The molecular formula is C21H19N5O3. The normalized spacial score (nSPS) is 10.7. The number of rotatable bonds is 5. The van der Waals surface area contributed by atoms with E-state index in [0.717, 1.165) is 11.1 Å². The van der Waals surface area contributed by atoms with Crippen molar-refractivity contribution in [1.82, 2.24) is 19.8 Å². The van der Waals surface area contributed by atoms with Gasteiger partial charge in [0.1, 0.15) is 11.5 Å². The van der Waals surface area contributed by atoms with E-state index in [4.69, 9.17) is 9.47 Å². The molecule has 2 aromatic heterocycles. The van der Waals surface area contributed by atoms with Gasteiger partial charge in [0.15, 0.2) is 11.3 Å². The molecule has 4 aromatic rings. The number of methoxy groups -OCH3 is 2. The third-order valence-corrected chi connectivity index (χ3v) is 4.61. The highest BCUT2D eigenvalue weighted by molar-refractivity contribution is 6.03. The van der Waals surface area contributed by atoms with Crippen LogP contribution in [0.25, 0.3) is 16.8 Å². The molecule has 0 saturated carbocycles.